The number of piperazine rings is 1. The van der Waals surface area contributed by atoms with Gasteiger partial charge < -0.3 is 20.9 Å². The lowest BCUT2D eigenvalue weighted by Crippen LogP contribution is -2.57. The molecule has 4 amide bonds. The monoisotopic (exact) mass is 647 g/mol. The molecule has 0 radical (unpaired) electrons. The fourth-order valence-electron chi connectivity index (χ4n) is 6.00. The van der Waals surface area contributed by atoms with Crippen LogP contribution in [0.3, 0.4) is 0 Å². The Bertz CT molecular complexity index is 1740. The van der Waals surface area contributed by atoms with Crippen molar-refractivity contribution in [2.45, 2.75) is 55.8 Å². The van der Waals surface area contributed by atoms with Crippen LogP contribution in [-0.4, -0.2) is 94.4 Å². The van der Waals surface area contributed by atoms with Gasteiger partial charge in [0, 0.05) is 78.5 Å². The minimum absolute atomic E-state index is 0.0000892. The number of primary amides is 1. The molecule has 6 rings (SSSR count). The van der Waals surface area contributed by atoms with Crippen molar-refractivity contribution in [1.29, 1.82) is 0 Å². The van der Waals surface area contributed by atoms with Crippen LogP contribution in [0.1, 0.15) is 52.5 Å². The maximum atomic E-state index is 13.9. The van der Waals surface area contributed by atoms with Crippen LogP contribution in [0.15, 0.2) is 29.3 Å². The van der Waals surface area contributed by atoms with Gasteiger partial charge in [0.2, 0.25) is 17.7 Å². The highest BCUT2D eigenvalue weighted by atomic mass is 35.5. The lowest BCUT2D eigenvalue weighted by molar-refractivity contribution is -0.138. The van der Waals surface area contributed by atoms with Gasteiger partial charge in [-0.05, 0) is 37.6 Å². The average Bonchev–Trinajstić information content (AvgIpc) is 3.68. The molecule has 4 N–H and O–H groups in total. The number of H-pyrrole nitrogens is 1. The molecule has 3 unspecified atom stereocenters. The number of imide groups is 1. The van der Waals surface area contributed by atoms with E-state index in [2.05, 4.69) is 15.3 Å². The molecule has 43 heavy (non-hydrogen) atoms. The predicted octanol–water partition coefficient (Wildman–Crippen LogP) is 1.39. The average molecular weight is 648 g/mol. The van der Waals surface area contributed by atoms with Gasteiger partial charge in [0.25, 0.3) is 15.9 Å². The second-order valence-electron chi connectivity index (χ2n) is 11.0. The van der Waals surface area contributed by atoms with Crippen molar-refractivity contribution in [1.82, 2.24) is 29.4 Å². The largest absolute Gasteiger partial charge is 0.369 e. The third kappa shape index (κ3) is 5.44. The highest BCUT2D eigenvalue weighted by Crippen LogP contribution is 2.33. The second-order valence-corrected chi connectivity index (χ2v) is 14.4. The van der Waals surface area contributed by atoms with Crippen molar-refractivity contribution in [3.8, 4) is 0 Å². The van der Waals surface area contributed by atoms with Gasteiger partial charge in [-0.1, -0.05) is 11.6 Å². The summed E-state index contributed by atoms with van der Waals surface area (Å²) in [4.78, 5) is 61.6. The van der Waals surface area contributed by atoms with Crippen LogP contribution in [0.4, 0.5) is 0 Å². The number of carbonyl (C=O) groups is 4. The summed E-state index contributed by atoms with van der Waals surface area (Å²) in [6.07, 6.45) is 0.454. The van der Waals surface area contributed by atoms with Gasteiger partial charge in [-0.2, -0.15) is 4.31 Å². The molecule has 16 heteroatoms. The van der Waals surface area contributed by atoms with Crippen molar-refractivity contribution in [3.63, 3.8) is 0 Å². The van der Waals surface area contributed by atoms with Crippen molar-refractivity contribution >= 4 is 67.5 Å². The van der Waals surface area contributed by atoms with Crippen LogP contribution in [0.5, 0.6) is 0 Å². The highest BCUT2D eigenvalue weighted by molar-refractivity contribution is 7.89. The molecular formula is C27H30ClN7O6S2. The van der Waals surface area contributed by atoms with Gasteiger partial charge in [0.1, 0.15) is 5.03 Å². The molecule has 5 heterocycles. The fraction of sp³-hybridized carbons (Fsp3) is 0.444. The lowest BCUT2D eigenvalue weighted by Gasteiger charge is -2.40. The van der Waals surface area contributed by atoms with E-state index in [-0.39, 0.29) is 73.3 Å². The molecule has 0 bridgehead atoms. The number of halogens is 1. The van der Waals surface area contributed by atoms with Crippen molar-refractivity contribution in [2.24, 2.45) is 5.73 Å². The smallest absolute Gasteiger partial charge is 0.283 e. The lowest BCUT2D eigenvalue weighted by atomic mass is 9.93. The van der Waals surface area contributed by atoms with Gasteiger partial charge in [0.05, 0.1) is 11.6 Å². The van der Waals surface area contributed by atoms with Gasteiger partial charge in [-0.25, -0.2) is 13.4 Å². The number of sulfonamides is 1. The number of aromatic amines is 1. The van der Waals surface area contributed by atoms with E-state index in [1.807, 2.05) is 6.92 Å². The first-order valence-electron chi connectivity index (χ1n) is 13.9. The summed E-state index contributed by atoms with van der Waals surface area (Å²) >= 11 is 7.26. The number of aromatic nitrogens is 2. The number of hydrogen-bond acceptors (Lipinski definition) is 9. The van der Waals surface area contributed by atoms with E-state index < -0.39 is 33.8 Å². The minimum Gasteiger partial charge on any atom is -0.369 e. The number of rotatable bonds is 7. The van der Waals surface area contributed by atoms with E-state index in [9.17, 15) is 27.6 Å². The number of thiazole rings is 1. The number of likely N-dealkylation sites (tertiary alicyclic amines) is 1. The van der Waals surface area contributed by atoms with E-state index in [1.54, 1.807) is 23.1 Å². The summed E-state index contributed by atoms with van der Waals surface area (Å²) in [6, 6.07) is 5.66. The Hall–Kier alpha value is -3.37. The predicted molar refractivity (Wildman–Crippen MR) is 158 cm³/mol. The first kappa shape index (κ1) is 29.7. The van der Waals surface area contributed by atoms with E-state index in [4.69, 9.17) is 17.3 Å². The molecule has 2 fully saturated rings. The van der Waals surface area contributed by atoms with Crippen molar-refractivity contribution in [2.75, 3.05) is 26.2 Å². The summed E-state index contributed by atoms with van der Waals surface area (Å²) < 4.78 is 28.8. The molecule has 3 aliphatic rings. The zero-order chi connectivity index (χ0) is 30.6. The van der Waals surface area contributed by atoms with Gasteiger partial charge in [0.15, 0.2) is 5.01 Å². The van der Waals surface area contributed by atoms with Crippen LogP contribution in [0.25, 0.3) is 10.9 Å². The van der Waals surface area contributed by atoms with Crippen molar-refractivity contribution in [3.05, 3.63) is 44.9 Å². The molecule has 0 spiro atoms. The van der Waals surface area contributed by atoms with Crippen molar-refractivity contribution < 1.29 is 27.6 Å². The molecule has 3 aromatic rings. The van der Waals surface area contributed by atoms with Crippen LogP contribution in [0, 0.1) is 0 Å². The second kappa shape index (κ2) is 11.3. The number of nitrogens with zero attached hydrogens (tertiary/aromatic N) is 4. The number of fused-ring (bicyclic) bond motifs is 2. The molecule has 13 nitrogen and oxygen atoms in total. The topological polar surface area (TPSA) is 179 Å². The quantitative estimate of drug-likeness (QED) is 0.322. The minimum atomic E-state index is -3.99. The Morgan fingerprint density at radius 2 is 1.91 bits per heavy atom. The number of amides is 4. The zero-order valence-electron chi connectivity index (χ0n) is 23.2. The summed E-state index contributed by atoms with van der Waals surface area (Å²) in [5.41, 5.74) is 6.74. The summed E-state index contributed by atoms with van der Waals surface area (Å²) in [6.45, 7) is 2.37. The normalized spacial score (nSPS) is 23.3. The SMILES string of the molecule is CC1NCc2sc(C(=O)N3CCN(S(=O)(=O)c4cc5cc(Cl)ccc5[nH]4)CC3CCN3C(=O)CCC3=O)nc2C1C(N)=O. The van der Waals surface area contributed by atoms with Crippen LogP contribution >= 0.6 is 22.9 Å². The summed E-state index contributed by atoms with van der Waals surface area (Å²) in [7, 11) is -3.99. The molecular weight excluding hydrogens is 618 g/mol. The maximum absolute atomic E-state index is 13.9. The van der Waals surface area contributed by atoms with Gasteiger partial charge >= 0.3 is 0 Å². The summed E-state index contributed by atoms with van der Waals surface area (Å²) in [5.74, 6) is -2.20. The molecule has 228 valence electrons. The highest BCUT2D eigenvalue weighted by Gasteiger charge is 2.41. The van der Waals surface area contributed by atoms with Crippen LogP contribution in [0.2, 0.25) is 5.02 Å². The summed E-state index contributed by atoms with van der Waals surface area (Å²) in [5, 5.41) is 4.51. The Kier molecular flexibility index (Phi) is 7.79. The standard InChI is InChI=1S/C27H30ClN7O6S2/c1-14-23(25(29)38)24-19(12-30-14)42-26(32-24)27(39)34-9-8-33(13-17(34)6-7-35-21(36)4-5-22(35)37)43(40,41)20-11-15-10-16(28)2-3-18(15)31-20/h2-3,10-11,14,17,23,30-31H,4-9,12-13H2,1H3,(H2,29,38). The van der Waals surface area contributed by atoms with Crippen LogP contribution in [-0.2, 0) is 31.0 Å². The molecule has 0 aliphatic carbocycles. The zero-order valence-corrected chi connectivity index (χ0v) is 25.6. The number of nitrogens with one attached hydrogen (secondary N) is 2. The van der Waals surface area contributed by atoms with Gasteiger partial charge in [-0.15, -0.1) is 11.3 Å². The third-order valence-corrected chi connectivity index (χ3v) is 11.4. The Morgan fingerprint density at radius 1 is 1.16 bits per heavy atom. The van der Waals surface area contributed by atoms with E-state index in [1.165, 1.54) is 26.6 Å². The first-order chi connectivity index (χ1) is 20.4. The Labute approximate surface area is 256 Å². The molecule has 1 aromatic carbocycles. The molecule has 2 aromatic heterocycles. The number of hydrogen-bond donors (Lipinski definition) is 3. The number of nitrogens with two attached hydrogens (primary N) is 1. The number of benzene rings is 1. The molecule has 3 aliphatic heterocycles. The molecule has 3 atom stereocenters. The van der Waals surface area contributed by atoms with E-state index >= 15 is 0 Å². The van der Waals surface area contributed by atoms with E-state index in [0.29, 0.717) is 28.2 Å². The fourth-order valence-corrected chi connectivity index (χ4v) is 8.68. The Morgan fingerprint density at radius 3 is 2.63 bits per heavy atom. The maximum Gasteiger partial charge on any atom is 0.283 e. The van der Waals surface area contributed by atoms with Gasteiger partial charge in [-0.3, -0.25) is 24.1 Å². The Balaban J connectivity index is 1.28. The third-order valence-electron chi connectivity index (χ3n) is 8.32. The molecule has 2 saturated heterocycles. The van der Waals surface area contributed by atoms with Crippen LogP contribution < -0.4 is 11.1 Å². The number of carbonyl (C=O) groups excluding carboxylic acids is 4. The molecule has 0 saturated carbocycles. The van der Waals surface area contributed by atoms with E-state index in [0.717, 1.165) is 4.88 Å². The first-order valence-corrected chi connectivity index (χ1v) is 16.5.